The summed E-state index contributed by atoms with van der Waals surface area (Å²) in [5.74, 6) is 2.01. The minimum Gasteiger partial charge on any atom is -0.497 e. The first kappa shape index (κ1) is 22.0. The van der Waals surface area contributed by atoms with E-state index in [1.807, 2.05) is 43.4 Å². The van der Waals surface area contributed by atoms with Gasteiger partial charge in [0.1, 0.15) is 23.2 Å². The Morgan fingerprint density at radius 1 is 1.03 bits per heavy atom. The topological polar surface area (TPSA) is 36.3 Å². The summed E-state index contributed by atoms with van der Waals surface area (Å²) >= 11 is 13.9. The lowest BCUT2D eigenvalue weighted by Crippen LogP contribution is -2.02. The normalized spacial score (nSPS) is 11.3. The summed E-state index contributed by atoms with van der Waals surface area (Å²) in [5.41, 5.74) is 2.13. The molecule has 0 unspecified atom stereocenters. The maximum atomic E-state index is 6.16. The van der Waals surface area contributed by atoms with Crippen LogP contribution in [0.15, 0.2) is 52.4 Å². The zero-order valence-electron chi connectivity index (χ0n) is 16.9. The molecule has 0 bridgehead atoms. The second-order valence-corrected chi connectivity index (χ2v) is 8.92. The van der Waals surface area contributed by atoms with E-state index in [0.29, 0.717) is 23.3 Å². The quantitative estimate of drug-likeness (QED) is 0.381. The van der Waals surface area contributed by atoms with E-state index in [1.165, 1.54) is 0 Å². The van der Waals surface area contributed by atoms with Gasteiger partial charge >= 0.3 is 0 Å². The highest BCUT2D eigenvalue weighted by molar-refractivity contribution is 7.99. The van der Waals surface area contributed by atoms with Crippen LogP contribution in [0.5, 0.6) is 5.75 Å². The van der Waals surface area contributed by atoms with E-state index in [9.17, 15) is 0 Å². The average molecular weight is 451 g/mol. The van der Waals surface area contributed by atoms with E-state index >= 15 is 0 Å². The summed E-state index contributed by atoms with van der Waals surface area (Å²) in [7, 11) is 3.67. The van der Waals surface area contributed by atoms with Crippen LogP contribution in [0.4, 0.5) is 0 Å². The van der Waals surface area contributed by atoms with E-state index in [2.05, 4.69) is 18.4 Å². The molecule has 0 amide bonds. The number of nitrogens with zero attached hydrogens (tertiary/aromatic N) is 2. The van der Waals surface area contributed by atoms with Crippen molar-refractivity contribution in [3.63, 3.8) is 0 Å². The first-order valence-corrected chi connectivity index (χ1v) is 10.8. The van der Waals surface area contributed by atoms with Gasteiger partial charge in [0.25, 0.3) is 0 Å². The molecule has 0 aliphatic rings. The van der Waals surface area contributed by atoms with E-state index < -0.39 is 0 Å². The molecule has 1 heterocycles. The Balaban J connectivity index is 1.74. The van der Waals surface area contributed by atoms with Crippen molar-refractivity contribution < 1.29 is 9.47 Å². The van der Waals surface area contributed by atoms with Crippen molar-refractivity contribution >= 4 is 35.0 Å². The number of rotatable bonds is 8. The Kier molecular flexibility index (Phi) is 7.52. The van der Waals surface area contributed by atoms with Gasteiger partial charge < -0.3 is 14.0 Å². The van der Waals surface area contributed by atoms with Crippen LogP contribution in [-0.4, -0.2) is 16.7 Å². The summed E-state index contributed by atoms with van der Waals surface area (Å²) in [6.07, 6.45) is 0. The number of imidazole rings is 1. The SMILES string of the molecule is COc1ccc(COCc2nc(C(C)C)c(Sc3cc(Cl)cc(Cl)c3)n2C)cc1. The number of hydrogen-bond donors (Lipinski definition) is 0. The molecule has 2 aromatic carbocycles. The van der Waals surface area contributed by atoms with Crippen molar-refractivity contribution in [1.29, 1.82) is 0 Å². The Hall–Kier alpha value is -1.66. The van der Waals surface area contributed by atoms with Crippen LogP contribution < -0.4 is 4.74 Å². The van der Waals surface area contributed by atoms with Crippen molar-refractivity contribution in [3.8, 4) is 5.75 Å². The van der Waals surface area contributed by atoms with Crippen LogP contribution in [0.25, 0.3) is 0 Å². The molecule has 0 fully saturated rings. The molecular formula is C22H24Cl2N2O2S. The molecule has 3 rings (SSSR count). The molecule has 0 spiro atoms. The second kappa shape index (κ2) is 9.90. The first-order valence-electron chi connectivity index (χ1n) is 9.27. The summed E-state index contributed by atoms with van der Waals surface area (Å²) < 4.78 is 13.2. The first-order chi connectivity index (χ1) is 13.9. The largest absolute Gasteiger partial charge is 0.497 e. The predicted molar refractivity (Wildman–Crippen MR) is 119 cm³/mol. The molecule has 0 saturated carbocycles. The van der Waals surface area contributed by atoms with Gasteiger partial charge in [-0.1, -0.05) is 60.9 Å². The number of aromatic nitrogens is 2. The lowest BCUT2D eigenvalue weighted by molar-refractivity contribution is 0.0995. The van der Waals surface area contributed by atoms with Crippen molar-refractivity contribution in [2.24, 2.45) is 7.05 Å². The van der Waals surface area contributed by atoms with Gasteiger partial charge in [0.15, 0.2) is 0 Å². The third-order valence-electron chi connectivity index (χ3n) is 4.42. The van der Waals surface area contributed by atoms with Crippen molar-refractivity contribution in [2.45, 2.75) is 42.9 Å². The number of hydrogen-bond acceptors (Lipinski definition) is 4. The van der Waals surface area contributed by atoms with E-state index in [0.717, 1.165) is 32.8 Å². The predicted octanol–water partition coefficient (Wildman–Crippen LogP) is 6.73. The van der Waals surface area contributed by atoms with Crippen molar-refractivity contribution in [2.75, 3.05) is 7.11 Å². The maximum absolute atomic E-state index is 6.16. The Morgan fingerprint density at radius 3 is 2.28 bits per heavy atom. The third kappa shape index (κ3) is 5.70. The van der Waals surface area contributed by atoms with Gasteiger partial charge in [0, 0.05) is 22.0 Å². The standard InChI is InChI=1S/C22H24Cl2N2O2S/c1-14(2)21-22(29-19-10-16(23)9-17(24)11-19)26(3)20(25-21)13-28-12-15-5-7-18(27-4)8-6-15/h5-11,14H,12-13H2,1-4H3. The molecule has 0 N–H and O–H groups in total. The van der Waals surface area contributed by atoms with Gasteiger partial charge in [0.2, 0.25) is 0 Å². The van der Waals surface area contributed by atoms with E-state index in [-0.39, 0.29) is 5.92 Å². The third-order valence-corrected chi connectivity index (χ3v) is 6.00. The van der Waals surface area contributed by atoms with Gasteiger partial charge in [-0.15, -0.1) is 0 Å². The van der Waals surface area contributed by atoms with Crippen molar-refractivity contribution in [3.05, 3.63) is 69.6 Å². The zero-order chi connectivity index (χ0) is 21.0. The highest BCUT2D eigenvalue weighted by Crippen LogP contribution is 2.36. The number of benzene rings is 2. The molecule has 0 aliphatic carbocycles. The molecule has 29 heavy (non-hydrogen) atoms. The van der Waals surface area contributed by atoms with E-state index in [1.54, 1.807) is 24.9 Å². The molecule has 0 atom stereocenters. The molecule has 7 heteroatoms. The molecule has 0 aliphatic heterocycles. The van der Waals surface area contributed by atoms with Gasteiger partial charge in [0.05, 0.1) is 19.4 Å². The van der Waals surface area contributed by atoms with Gasteiger partial charge in [-0.3, -0.25) is 0 Å². The molecule has 154 valence electrons. The summed E-state index contributed by atoms with van der Waals surface area (Å²) in [6.45, 7) is 5.22. The van der Waals surface area contributed by atoms with Crippen LogP contribution in [0.3, 0.4) is 0 Å². The molecule has 3 aromatic rings. The van der Waals surface area contributed by atoms with Crippen LogP contribution in [0.1, 0.15) is 36.8 Å². The fourth-order valence-electron chi connectivity index (χ4n) is 2.86. The number of halogens is 2. The number of ether oxygens (including phenoxy) is 2. The lowest BCUT2D eigenvalue weighted by Gasteiger charge is -2.10. The zero-order valence-corrected chi connectivity index (χ0v) is 19.2. The van der Waals surface area contributed by atoms with Crippen LogP contribution >= 0.6 is 35.0 Å². The van der Waals surface area contributed by atoms with Crippen LogP contribution in [0.2, 0.25) is 10.0 Å². The summed E-state index contributed by atoms with van der Waals surface area (Å²) in [5, 5.41) is 2.31. The highest BCUT2D eigenvalue weighted by atomic mass is 35.5. The monoisotopic (exact) mass is 450 g/mol. The fraction of sp³-hybridized carbons (Fsp3) is 0.318. The second-order valence-electron chi connectivity index (χ2n) is 6.98. The minimum atomic E-state index is 0.286. The molecule has 0 saturated heterocycles. The highest BCUT2D eigenvalue weighted by Gasteiger charge is 2.19. The van der Waals surface area contributed by atoms with Crippen LogP contribution in [0, 0.1) is 0 Å². The Bertz CT molecular complexity index is 951. The number of methoxy groups -OCH3 is 1. The van der Waals surface area contributed by atoms with Gasteiger partial charge in [-0.25, -0.2) is 4.98 Å². The lowest BCUT2D eigenvalue weighted by atomic mass is 10.2. The summed E-state index contributed by atoms with van der Waals surface area (Å²) in [6, 6.07) is 13.4. The smallest absolute Gasteiger partial charge is 0.135 e. The van der Waals surface area contributed by atoms with Gasteiger partial charge in [-0.05, 0) is 41.8 Å². The van der Waals surface area contributed by atoms with Crippen LogP contribution in [-0.2, 0) is 25.0 Å². The molecule has 1 aromatic heterocycles. The Labute approximate surface area is 186 Å². The van der Waals surface area contributed by atoms with E-state index in [4.69, 9.17) is 37.7 Å². The van der Waals surface area contributed by atoms with Gasteiger partial charge in [-0.2, -0.15) is 0 Å². The molecular weight excluding hydrogens is 427 g/mol. The Morgan fingerprint density at radius 2 is 1.69 bits per heavy atom. The fourth-order valence-corrected chi connectivity index (χ4v) is 4.74. The molecule has 4 nitrogen and oxygen atoms in total. The minimum absolute atomic E-state index is 0.286. The van der Waals surface area contributed by atoms with Crippen molar-refractivity contribution in [1.82, 2.24) is 9.55 Å². The summed E-state index contributed by atoms with van der Waals surface area (Å²) in [4.78, 5) is 5.82. The average Bonchev–Trinajstić information content (AvgIpc) is 2.98. The maximum Gasteiger partial charge on any atom is 0.135 e. The molecule has 0 radical (unpaired) electrons.